The van der Waals surface area contributed by atoms with Gasteiger partial charge in [0.2, 0.25) is 0 Å². The zero-order valence-corrected chi connectivity index (χ0v) is 11.6. The van der Waals surface area contributed by atoms with E-state index in [1.807, 2.05) is 0 Å². The number of hydrogen-bond acceptors (Lipinski definition) is 6. The third kappa shape index (κ3) is 5.21. The van der Waals surface area contributed by atoms with Crippen LogP contribution in [-0.2, 0) is 0 Å². The smallest absolute Gasteiger partial charge is 0.157 e. The summed E-state index contributed by atoms with van der Waals surface area (Å²) in [5.41, 5.74) is 0.574. The van der Waals surface area contributed by atoms with Crippen molar-refractivity contribution in [1.82, 2.24) is 5.32 Å². The van der Waals surface area contributed by atoms with E-state index in [4.69, 9.17) is 20.4 Å². The van der Waals surface area contributed by atoms with Crippen LogP contribution in [-0.4, -0.2) is 39.1 Å². The third-order valence-corrected chi connectivity index (χ3v) is 2.66. The summed E-state index contributed by atoms with van der Waals surface area (Å²) >= 11 is 0. The summed E-state index contributed by atoms with van der Waals surface area (Å²) in [6.07, 6.45) is -0.670. The van der Waals surface area contributed by atoms with Crippen molar-refractivity contribution in [2.24, 2.45) is 0 Å². The van der Waals surface area contributed by atoms with Gasteiger partial charge < -0.3 is 30.8 Å². The van der Waals surface area contributed by atoms with Gasteiger partial charge in [0.25, 0.3) is 0 Å². The Morgan fingerprint density at radius 3 is 1.81 bits per heavy atom. The predicted octanol–water partition coefficient (Wildman–Crippen LogP) is 1.45. The molecule has 0 fully saturated rings. The normalized spacial score (nSPS) is 11.3. The molecule has 1 atom stereocenters. The Morgan fingerprint density at radius 2 is 1.38 bits per heavy atom. The molecular weight excluding hydrogens is 274 g/mol. The van der Waals surface area contributed by atoms with E-state index in [-0.39, 0.29) is 23.0 Å². The van der Waals surface area contributed by atoms with Gasteiger partial charge in [-0.1, -0.05) is 18.2 Å². The number of phenols is 4. The van der Waals surface area contributed by atoms with Crippen molar-refractivity contribution in [3.63, 3.8) is 0 Å². The summed E-state index contributed by atoms with van der Waals surface area (Å²) in [5.74, 6) is -0.548. The summed E-state index contributed by atoms with van der Waals surface area (Å²) in [4.78, 5) is 0. The van der Waals surface area contributed by atoms with Gasteiger partial charge in [-0.2, -0.15) is 0 Å². The van der Waals surface area contributed by atoms with Crippen molar-refractivity contribution < 1.29 is 25.5 Å². The van der Waals surface area contributed by atoms with Gasteiger partial charge in [0.05, 0.1) is 6.10 Å². The molecule has 0 amide bonds. The first-order valence-electron chi connectivity index (χ1n) is 6.27. The van der Waals surface area contributed by atoms with Crippen molar-refractivity contribution in [2.75, 3.05) is 13.6 Å². The Kier molecular flexibility index (Phi) is 6.32. The minimum absolute atomic E-state index is 0.0764. The lowest BCUT2D eigenvalue weighted by molar-refractivity contribution is 0.177. The van der Waals surface area contributed by atoms with Crippen molar-refractivity contribution in [1.29, 1.82) is 0 Å². The van der Waals surface area contributed by atoms with E-state index in [0.717, 1.165) is 0 Å². The van der Waals surface area contributed by atoms with Crippen LogP contribution >= 0.6 is 0 Å². The van der Waals surface area contributed by atoms with Gasteiger partial charge in [0, 0.05) is 6.54 Å². The Bertz CT molecular complexity index is 553. The molecule has 0 spiro atoms. The quantitative estimate of drug-likeness (QED) is 0.478. The summed E-state index contributed by atoms with van der Waals surface area (Å²) in [7, 11) is 1.73. The molecule has 0 bridgehead atoms. The first kappa shape index (κ1) is 16.6. The van der Waals surface area contributed by atoms with Crippen LogP contribution in [0.4, 0.5) is 0 Å². The molecule has 6 nitrogen and oxygen atoms in total. The van der Waals surface area contributed by atoms with Crippen LogP contribution in [0.5, 0.6) is 23.0 Å². The fraction of sp³-hybridized carbons (Fsp3) is 0.200. The fourth-order valence-electron chi connectivity index (χ4n) is 1.52. The minimum Gasteiger partial charge on any atom is -0.504 e. The number of aromatic hydroxyl groups is 4. The summed E-state index contributed by atoms with van der Waals surface area (Å²) in [6.45, 7) is 0.407. The highest BCUT2D eigenvalue weighted by atomic mass is 16.3. The molecule has 0 saturated heterocycles. The highest BCUT2D eigenvalue weighted by Crippen LogP contribution is 2.27. The molecule has 0 saturated carbocycles. The number of hydrogen-bond donors (Lipinski definition) is 6. The number of rotatable bonds is 3. The van der Waals surface area contributed by atoms with E-state index >= 15 is 0 Å². The number of benzene rings is 2. The van der Waals surface area contributed by atoms with Crippen molar-refractivity contribution in [3.05, 3.63) is 48.0 Å². The number of para-hydroxylation sites is 2. The van der Waals surface area contributed by atoms with Crippen LogP contribution in [0.15, 0.2) is 42.5 Å². The van der Waals surface area contributed by atoms with E-state index in [2.05, 4.69) is 5.32 Å². The first-order valence-corrected chi connectivity index (χ1v) is 6.27. The summed E-state index contributed by atoms with van der Waals surface area (Å²) < 4.78 is 0. The molecule has 2 rings (SSSR count). The zero-order chi connectivity index (χ0) is 15.8. The summed E-state index contributed by atoms with van der Waals surface area (Å²) in [5, 5.41) is 47.8. The van der Waals surface area contributed by atoms with Gasteiger partial charge in [0.15, 0.2) is 23.0 Å². The van der Waals surface area contributed by atoms with Crippen molar-refractivity contribution in [3.8, 4) is 23.0 Å². The average molecular weight is 293 g/mol. The standard InChI is InChI=1S/C9H13NO3.C6H6O2/c1-10-5-9(13)6-2-3-7(11)8(12)4-6;7-5-3-1-2-4-6(5)8/h2-4,9-13H,5H2,1H3;1-4,7-8H. The molecule has 114 valence electrons. The van der Waals surface area contributed by atoms with E-state index in [1.54, 1.807) is 25.2 Å². The highest BCUT2D eigenvalue weighted by Gasteiger charge is 2.08. The number of phenolic OH excluding ortho intramolecular Hbond substituents is 4. The molecule has 1 unspecified atom stereocenters. The molecule has 21 heavy (non-hydrogen) atoms. The van der Waals surface area contributed by atoms with Gasteiger partial charge in [0.1, 0.15) is 0 Å². The second-order valence-corrected chi connectivity index (χ2v) is 4.31. The second-order valence-electron chi connectivity index (χ2n) is 4.31. The zero-order valence-electron chi connectivity index (χ0n) is 11.6. The van der Waals surface area contributed by atoms with Crippen LogP contribution in [0.25, 0.3) is 0 Å². The van der Waals surface area contributed by atoms with Crippen LogP contribution in [0.2, 0.25) is 0 Å². The SMILES string of the molecule is CNCC(O)c1ccc(O)c(O)c1.Oc1ccccc1O. The molecule has 0 radical (unpaired) electrons. The second kappa shape index (κ2) is 7.98. The number of nitrogens with one attached hydrogen (secondary N) is 1. The lowest BCUT2D eigenvalue weighted by Gasteiger charge is -2.10. The molecule has 6 N–H and O–H groups in total. The first-order chi connectivity index (χ1) is 9.95. The van der Waals surface area contributed by atoms with Gasteiger partial charge in [-0.05, 0) is 36.9 Å². The van der Waals surface area contributed by atoms with Crippen LogP contribution in [0.1, 0.15) is 11.7 Å². The monoisotopic (exact) mass is 293 g/mol. The maximum absolute atomic E-state index is 9.48. The molecule has 0 aromatic heterocycles. The van der Waals surface area contributed by atoms with Gasteiger partial charge in [-0.3, -0.25) is 0 Å². The number of aliphatic hydroxyl groups excluding tert-OH is 1. The molecule has 2 aromatic carbocycles. The Balaban J connectivity index is 0.000000235. The predicted molar refractivity (Wildman–Crippen MR) is 78.4 cm³/mol. The lowest BCUT2D eigenvalue weighted by atomic mass is 10.1. The van der Waals surface area contributed by atoms with Gasteiger partial charge >= 0.3 is 0 Å². The summed E-state index contributed by atoms with van der Waals surface area (Å²) in [6, 6.07) is 10.4. The Hall–Kier alpha value is -2.44. The van der Waals surface area contributed by atoms with E-state index in [0.29, 0.717) is 12.1 Å². The van der Waals surface area contributed by atoms with Crippen LogP contribution in [0.3, 0.4) is 0 Å². The third-order valence-electron chi connectivity index (χ3n) is 2.66. The molecule has 0 heterocycles. The Morgan fingerprint density at radius 1 is 0.857 bits per heavy atom. The fourth-order valence-corrected chi connectivity index (χ4v) is 1.52. The molecule has 0 aliphatic rings. The maximum Gasteiger partial charge on any atom is 0.157 e. The van der Waals surface area contributed by atoms with E-state index in [9.17, 15) is 5.11 Å². The molecule has 6 heteroatoms. The molecule has 0 aliphatic heterocycles. The van der Waals surface area contributed by atoms with Gasteiger partial charge in [-0.15, -0.1) is 0 Å². The number of aliphatic hydroxyl groups is 1. The maximum atomic E-state index is 9.48. The largest absolute Gasteiger partial charge is 0.504 e. The topological polar surface area (TPSA) is 113 Å². The van der Waals surface area contributed by atoms with Crippen molar-refractivity contribution >= 4 is 0 Å². The van der Waals surface area contributed by atoms with Crippen molar-refractivity contribution in [2.45, 2.75) is 6.10 Å². The average Bonchev–Trinajstić information content (AvgIpc) is 2.46. The molecule has 0 aliphatic carbocycles. The van der Waals surface area contributed by atoms with Crippen LogP contribution in [0, 0.1) is 0 Å². The minimum atomic E-state index is -0.670. The lowest BCUT2D eigenvalue weighted by Crippen LogP contribution is -2.16. The highest BCUT2D eigenvalue weighted by molar-refractivity contribution is 5.41. The van der Waals surface area contributed by atoms with E-state index < -0.39 is 6.10 Å². The molecular formula is C15H19NO5. The Labute approximate surface area is 122 Å². The van der Waals surface area contributed by atoms with E-state index in [1.165, 1.54) is 24.3 Å². The molecule has 2 aromatic rings. The van der Waals surface area contributed by atoms with Gasteiger partial charge in [-0.25, -0.2) is 0 Å². The van der Waals surface area contributed by atoms with Crippen LogP contribution < -0.4 is 5.32 Å². The number of likely N-dealkylation sites (N-methyl/N-ethyl adjacent to an activating group) is 1.